The van der Waals surface area contributed by atoms with Crippen molar-refractivity contribution in [3.8, 4) is 0 Å². The van der Waals surface area contributed by atoms with Gasteiger partial charge in [-0.3, -0.25) is 0 Å². The predicted molar refractivity (Wildman–Crippen MR) is 98.6 cm³/mol. The molecule has 0 aliphatic heterocycles. The Morgan fingerprint density at radius 1 is 1.19 bits per heavy atom. The van der Waals surface area contributed by atoms with E-state index in [9.17, 15) is 9.59 Å². The third-order valence-electron chi connectivity index (χ3n) is 3.87. The lowest BCUT2D eigenvalue weighted by atomic mass is 9.91. The van der Waals surface area contributed by atoms with E-state index in [2.05, 4.69) is 5.32 Å². The standard InChI is InChI=1S/C11H22N2O2.C8H8O3/c1-11(2,3)15-10(14)13-9-7-5-4-6-8(9)12;9-7(8(10)11)6-4-2-1-3-5-6/h8-9H,4-7,12H2,1-3H3,(H,13,14);1-5,7,9H,(H,10,11)/t8-,9+;/m1./s1. The van der Waals surface area contributed by atoms with Gasteiger partial charge in [0.25, 0.3) is 0 Å². The summed E-state index contributed by atoms with van der Waals surface area (Å²) in [7, 11) is 0. The number of rotatable bonds is 3. The molecule has 26 heavy (non-hydrogen) atoms. The summed E-state index contributed by atoms with van der Waals surface area (Å²) in [6, 6.07) is 8.42. The number of carbonyl (C=O) groups excluding carboxylic acids is 1. The summed E-state index contributed by atoms with van der Waals surface area (Å²) in [6.45, 7) is 5.56. The molecule has 0 bridgehead atoms. The topological polar surface area (TPSA) is 122 Å². The van der Waals surface area contributed by atoms with Crippen LogP contribution in [-0.4, -0.2) is 40.0 Å². The van der Waals surface area contributed by atoms with Gasteiger partial charge in [-0.1, -0.05) is 43.2 Å². The summed E-state index contributed by atoms with van der Waals surface area (Å²) in [5, 5.41) is 20.2. The summed E-state index contributed by atoms with van der Waals surface area (Å²) in [5.74, 6) is -1.23. The number of nitrogens with one attached hydrogen (secondary N) is 1. The van der Waals surface area contributed by atoms with E-state index in [1.54, 1.807) is 30.3 Å². The molecule has 0 heterocycles. The van der Waals surface area contributed by atoms with Gasteiger partial charge in [-0.15, -0.1) is 0 Å². The van der Waals surface area contributed by atoms with E-state index in [1.807, 2.05) is 20.8 Å². The molecule has 1 aromatic rings. The third-order valence-corrected chi connectivity index (χ3v) is 3.87. The van der Waals surface area contributed by atoms with E-state index >= 15 is 0 Å². The number of hydrogen-bond donors (Lipinski definition) is 4. The smallest absolute Gasteiger partial charge is 0.407 e. The molecule has 5 N–H and O–H groups in total. The highest BCUT2D eigenvalue weighted by molar-refractivity contribution is 5.73. The number of hydrogen-bond acceptors (Lipinski definition) is 5. The van der Waals surface area contributed by atoms with Crippen molar-refractivity contribution >= 4 is 12.1 Å². The minimum Gasteiger partial charge on any atom is -0.479 e. The lowest BCUT2D eigenvalue weighted by Gasteiger charge is -2.30. The lowest BCUT2D eigenvalue weighted by Crippen LogP contribution is -2.50. The highest BCUT2D eigenvalue weighted by atomic mass is 16.6. The zero-order chi connectivity index (χ0) is 19.7. The second-order valence-electron chi connectivity index (χ2n) is 7.35. The molecule has 1 unspecified atom stereocenters. The quantitative estimate of drug-likeness (QED) is 0.652. The highest BCUT2D eigenvalue weighted by Gasteiger charge is 2.25. The van der Waals surface area contributed by atoms with Crippen molar-refractivity contribution in [1.82, 2.24) is 5.32 Å². The number of nitrogens with two attached hydrogens (primary N) is 1. The second-order valence-corrected chi connectivity index (χ2v) is 7.35. The summed E-state index contributed by atoms with van der Waals surface area (Å²) < 4.78 is 5.18. The van der Waals surface area contributed by atoms with E-state index in [4.69, 9.17) is 20.7 Å². The van der Waals surface area contributed by atoms with Crippen molar-refractivity contribution in [3.05, 3.63) is 35.9 Å². The van der Waals surface area contributed by atoms with Gasteiger partial charge in [-0.2, -0.15) is 0 Å². The molecule has 1 saturated carbocycles. The fourth-order valence-corrected chi connectivity index (χ4v) is 2.58. The van der Waals surface area contributed by atoms with Gasteiger partial charge in [0.2, 0.25) is 0 Å². The van der Waals surface area contributed by atoms with Crippen LogP contribution < -0.4 is 11.1 Å². The predicted octanol–water partition coefficient (Wildman–Crippen LogP) is 2.59. The number of aliphatic hydroxyl groups excluding tert-OH is 1. The Morgan fingerprint density at radius 3 is 2.27 bits per heavy atom. The highest BCUT2D eigenvalue weighted by Crippen LogP contribution is 2.17. The SMILES string of the molecule is CC(C)(C)OC(=O)N[C@H]1CCCC[C@H]1N.O=C(O)C(O)c1ccccc1. The first-order valence-corrected chi connectivity index (χ1v) is 8.81. The van der Waals surface area contributed by atoms with E-state index in [1.165, 1.54) is 0 Å². The van der Waals surface area contributed by atoms with E-state index in [0.717, 1.165) is 25.7 Å². The molecule has 0 saturated heterocycles. The second kappa shape index (κ2) is 10.1. The summed E-state index contributed by atoms with van der Waals surface area (Å²) in [6.07, 6.45) is 2.48. The molecule has 2 rings (SSSR count). The molecule has 7 heteroatoms. The average Bonchev–Trinajstić information content (AvgIpc) is 2.56. The number of alkyl carbamates (subject to hydrolysis) is 1. The van der Waals surface area contributed by atoms with E-state index in [-0.39, 0.29) is 18.2 Å². The fraction of sp³-hybridized carbons (Fsp3) is 0.579. The monoisotopic (exact) mass is 366 g/mol. The molecule has 0 aromatic heterocycles. The van der Waals surface area contributed by atoms with Gasteiger partial charge in [0.05, 0.1) is 0 Å². The van der Waals surface area contributed by atoms with Crippen LogP contribution in [0.1, 0.15) is 58.1 Å². The number of carboxylic acid groups (broad SMARTS) is 1. The van der Waals surface area contributed by atoms with Gasteiger partial charge in [0, 0.05) is 12.1 Å². The molecule has 1 aromatic carbocycles. The maximum absolute atomic E-state index is 11.5. The van der Waals surface area contributed by atoms with Crippen LogP contribution in [0.3, 0.4) is 0 Å². The zero-order valence-electron chi connectivity index (χ0n) is 15.6. The van der Waals surface area contributed by atoms with Gasteiger partial charge in [-0.05, 0) is 39.2 Å². The molecule has 0 spiro atoms. The first-order valence-electron chi connectivity index (χ1n) is 8.81. The van der Waals surface area contributed by atoms with Gasteiger partial charge >= 0.3 is 12.1 Å². The van der Waals surface area contributed by atoms with Crippen LogP contribution in [-0.2, 0) is 9.53 Å². The van der Waals surface area contributed by atoms with Crippen molar-refractivity contribution in [2.75, 3.05) is 0 Å². The van der Waals surface area contributed by atoms with Crippen molar-refractivity contribution in [1.29, 1.82) is 0 Å². The maximum Gasteiger partial charge on any atom is 0.407 e. The van der Waals surface area contributed by atoms with Crippen molar-refractivity contribution in [3.63, 3.8) is 0 Å². The molecule has 1 amide bonds. The normalized spacial score (nSPS) is 21.0. The molecule has 0 radical (unpaired) electrons. The first-order chi connectivity index (χ1) is 12.1. The Morgan fingerprint density at radius 2 is 1.77 bits per heavy atom. The molecule has 7 nitrogen and oxygen atoms in total. The first kappa shape index (κ1) is 21.9. The minimum absolute atomic E-state index is 0.0752. The van der Waals surface area contributed by atoms with Gasteiger partial charge in [0.15, 0.2) is 6.10 Å². The Hall–Kier alpha value is -2.12. The number of amides is 1. The van der Waals surface area contributed by atoms with Crippen LogP contribution in [0, 0.1) is 0 Å². The number of ether oxygens (including phenoxy) is 1. The van der Waals surface area contributed by atoms with Crippen LogP contribution in [0.25, 0.3) is 0 Å². The Bertz CT molecular complexity index is 571. The van der Waals surface area contributed by atoms with Gasteiger partial charge < -0.3 is 26.0 Å². The van der Waals surface area contributed by atoms with Crippen molar-refractivity contribution in [2.24, 2.45) is 5.73 Å². The summed E-state index contributed by atoms with van der Waals surface area (Å²) in [4.78, 5) is 21.7. The molecule has 1 fully saturated rings. The summed E-state index contributed by atoms with van der Waals surface area (Å²) in [5.41, 5.74) is 5.88. The van der Waals surface area contributed by atoms with E-state index < -0.39 is 17.7 Å². The average molecular weight is 366 g/mol. The largest absolute Gasteiger partial charge is 0.479 e. The van der Waals surface area contributed by atoms with Crippen molar-refractivity contribution < 1.29 is 24.5 Å². The van der Waals surface area contributed by atoms with Crippen LogP contribution in [0.15, 0.2) is 30.3 Å². The molecule has 1 aliphatic carbocycles. The van der Waals surface area contributed by atoms with Crippen LogP contribution in [0.4, 0.5) is 4.79 Å². The third kappa shape index (κ3) is 8.31. The molecular weight excluding hydrogens is 336 g/mol. The number of carbonyl (C=O) groups is 2. The minimum atomic E-state index is -1.41. The van der Waals surface area contributed by atoms with Gasteiger partial charge in [0.1, 0.15) is 5.60 Å². The summed E-state index contributed by atoms with van der Waals surface area (Å²) >= 11 is 0. The van der Waals surface area contributed by atoms with Crippen LogP contribution in [0.5, 0.6) is 0 Å². The van der Waals surface area contributed by atoms with Crippen LogP contribution >= 0.6 is 0 Å². The molecular formula is C19H30N2O5. The van der Waals surface area contributed by atoms with Gasteiger partial charge in [-0.25, -0.2) is 9.59 Å². The molecule has 146 valence electrons. The van der Waals surface area contributed by atoms with E-state index in [0.29, 0.717) is 5.56 Å². The van der Waals surface area contributed by atoms with Crippen LogP contribution in [0.2, 0.25) is 0 Å². The molecule has 3 atom stereocenters. The number of benzene rings is 1. The lowest BCUT2D eigenvalue weighted by molar-refractivity contribution is -0.146. The maximum atomic E-state index is 11.5. The Balaban J connectivity index is 0.000000273. The zero-order valence-corrected chi connectivity index (χ0v) is 15.6. The number of aliphatic hydroxyl groups is 1. The van der Waals surface area contributed by atoms with Crippen molar-refractivity contribution in [2.45, 2.75) is 70.2 Å². The Labute approximate surface area is 154 Å². The number of aliphatic carboxylic acids is 1. The Kier molecular flexibility index (Phi) is 8.54. The molecule has 1 aliphatic rings. The fourth-order valence-electron chi connectivity index (χ4n) is 2.58. The number of carboxylic acids is 1.